The molecule has 37 heavy (non-hydrogen) atoms. The first kappa shape index (κ1) is 23.5. The maximum atomic E-state index is 12.4. The summed E-state index contributed by atoms with van der Waals surface area (Å²) in [6.45, 7) is 1.74. The van der Waals surface area contributed by atoms with Gasteiger partial charge in [-0.05, 0) is 69.4 Å². The summed E-state index contributed by atoms with van der Waals surface area (Å²) in [5.41, 5.74) is 4.47. The lowest BCUT2D eigenvalue weighted by atomic mass is 9.86. The summed E-state index contributed by atoms with van der Waals surface area (Å²) in [6.07, 6.45) is 1.18. The molecule has 0 unspecified atom stereocenters. The second kappa shape index (κ2) is 9.54. The average molecular weight is 497 g/mol. The second-order valence-electron chi connectivity index (χ2n) is 9.60. The summed E-state index contributed by atoms with van der Waals surface area (Å²) in [4.78, 5) is 12.4. The monoisotopic (exact) mass is 496 g/mol. The zero-order chi connectivity index (χ0) is 25.4. The summed E-state index contributed by atoms with van der Waals surface area (Å²) in [7, 11) is 1.64. The van der Waals surface area contributed by atoms with Crippen molar-refractivity contribution < 1.29 is 28.8 Å². The maximum Gasteiger partial charge on any atom is 0.338 e. The van der Waals surface area contributed by atoms with Gasteiger partial charge < -0.3 is 24.1 Å². The number of aliphatic hydroxyl groups is 1. The highest BCUT2D eigenvalue weighted by Gasteiger charge is 2.32. The number of hydrogen-bond donors (Lipinski definition) is 1. The Morgan fingerprint density at radius 1 is 0.946 bits per heavy atom. The van der Waals surface area contributed by atoms with Crippen LogP contribution in [-0.2, 0) is 28.3 Å². The van der Waals surface area contributed by atoms with E-state index in [2.05, 4.69) is 0 Å². The zero-order valence-electron chi connectivity index (χ0n) is 20.7. The summed E-state index contributed by atoms with van der Waals surface area (Å²) < 4.78 is 22.4. The maximum absolute atomic E-state index is 12.4. The third kappa shape index (κ3) is 4.43. The highest BCUT2D eigenvalue weighted by Crippen LogP contribution is 2.40. The minimum Gasteiger partial charge on any atom is -0.497 e. The van der Waals surface area contributed by atoms with Crippen molar-refractivity contribution in [3.8, 4) is 22.6 Å². The molecule has 1 fully saturated rings. The number of benzene rings is 4. The van der Waals surface area contributed by atoms with Gasteiger partial charge >= 0.3 is 5.97 Å². The van der Waals surface area contributed by atoms with E-state index in [4.69, 9.17) is 18.9 Å². The molecule has 188 valence electrons. The predicted molar refractivity (Wildman–Crippen MR) is 140 cm³/mol. The van der Waals surface area contributed by atoms with Crippen LogP contribution in [0.5, 0.6) is 11.5 Å². The summed E-state index contributed by atoms with van der Waals surface area (Å²) in [6, 6.07) is 23.6. The number of esters is 1. The van der Waals surface area contributed by atoms with Gasteiger partial charge in [-0.3, -0.25) is 0 Å². The van der Waals surface area contributed by atoms with Gasteiger partial charge in [0.25, 0.3) is 0 Å². The smallest absolute Gasteiger partial charge is 0.338 e. The molecule has 2 heterocycles. The van der Waals surface area contributed by atoms with E-state index in [9.17, 15) is 9.90 Å². The lowest BCUT2D eigenvalue weighted by molar-refractivity contribution is -0.0679. The lowest BCUT2D eigenvalue weighted by Crippen LogP contribution is -2.33. The van der Waals surface area contributed by atoms with Gasteiger partial charge in [0.1, 0.15) is 24.7 Å². The van der Waals surface area contributed by atoms with Crippen molar-refractivity contribution in [3.63, 3.8) is 0 Å². The van der Waals surface area contributed by atoms with E-state index in [1.807, 2.05) is 72.8 Å². The molecular weight excluding hydrogens is 468 g/mol. The van der Waals surface area contributed by atoms with Crippen molar-refractivity contribution in [1.29, 1.82) is 0 Å². The minimum absolute atomic E-state index is 0.247. The number of methoxy groups -OCH3 is 1. The Bertz CT molecular complexity index is 1470. The van der Waals surface area contributed by atoms with Crippen molar-refractivity contribution in [3.05, 3.63) is 95.1 Å². The molecule has 4 aromatic carbocycles. The van der Waals surface area contributed by atoms with Crippen molar-refractivity contribution >= 4 is 16.7 Å². The van der Waals surface area contributed by atoms with Gasteiger partial charge in [0, 0.05) is 31.6 Å². The van der Waals surface area contributed by atoms with Gasteiger partial charge in [-0.15, -0.1) is 0 Å². The fraction of sp³-hybridized carbons (Fsp3) is 0.258. The van der Waals surface area contributed by atoms with Gasteiger partial charge in [0.05, 0.1) is 18.3 Å². The Labute approximate surface area is 215 Å². The number of rotatable bonds is 6. The molecule has 0 aromatic heterocycles. The van der Waals surface area contributed by atoms with E-state index < -0.39 is 5.60 Å². The van der Waals surface area contributed by atoms with E-state index in [-0.39, 0.29) is 12.6 Å². The number of cyclic esters (lactones) is 1. The Morgan fingerprint density at radius 3 is 2.51 bits per heavy atom. The normalized spacial score (nSPS) is 16.3. The molecule has 0 spiro atoms. The molecule has 0 amide bonds. The molecule has 6 rings (SSSR count). The van der Waals surface area contributed by atoms with Gasteiger partial charge in [0.15, 0.2) is 0 Å². The average Bonchev–Trinajstić information content (AvgIpc) is 3.31. The first-order valence-corrected chi connectivity index (χ1v) is 12.5. The Morgan fingerprint density at radius 2 is 1.73 bits per heavy atom. The van der Waals surface area contributed by atoms with Crippen molar-refractivity contribution in [2.45, 2.75) is 31.7 Å². The predicted octanol–water partition coefficient (Wildman–Crippen LogP) is 5.76. The lowest BCUT2D eigenvalue weighted by Gasteiger charge is -2.32. The quantitative estimate of drug-likeness (QED) is 0.342. The molecule has 0 saturated carbocycles. The van der Waals surface area contributed by atoms with E-state index in [1.54, 1.807) is 7.11 Å². The zero-order valence-corrected chi connectivity index (χ0v) is 20.7. The topological polar surface area (TPSA) is 74.2 Å². The highest BCUT2D eigenvalue weighted by molar-refractivity contribution is 6.07. The first-order chi connectivity index (χ1) is 18.0. The highest BCUT2D eigenvalue weighted by atomic mass is 16.5. The first-order valence-electron chi connectivity index (χ1n) is 12.5. The van der Waals surface area contributed by atoms with E-state index in [0.29, 0.717) is 38.2 Å². The largest absolute Gasteiger partial charge is 0.497 e. The Balaban J connectivity index is 1.33. The minimum atomic E-state index is -0.857. The molecule has 6 heteroatoms. The molecule has 2 aliphatic heterocycles. The number of hydrogen-bond acceptors (Lipinski definition) is 6. The number of fused-ring (bicyclic) bond motifs is 2. The third-order valence-corrected chi connectivity index (χ3v) is 7.36. The van der Waals surface area contributed by atoms with Crippen LogP contribution in [0.1, 0.15) is 39.9 Å². The summed E-state index contributed by atoms with van der Waals surface area (Å²) in [5.74, 6) is 1.20. The molecule has 0 atom stereocenters. The van der Waals surface area contributed by atoms with Crippen LogP contribution < -0.4 is 9.47 Å². The number of carbonyl (C=O) groups is 1. The van der Waals surface area contributed by atoms with Gasteiger partial charge in [0.2, 0.25) is 0 Å². The molecule has 1 N–H and O–H groups in total. The molecule has 0 bridgehead atoms. The molecule has 1 saturated heterocycles. The van der Waals surface area contributed by atoms with Crippen LogP contribution in [0.15, 0.2) is 72.8 Å². The molecule has 6 nitrogen and oxygen atoms in total. The molecule has 0 radical (unpaired) electrons. The molecular formula is C31H28O6. The SMILES string of the molecule is COc1ccc(-c2c3c(cc4ccc(OCc5cccc(C6(O)CCOCC6)c5)cc24)C(=O)OC3)cc1. The fourth-order valence-electron chi connectivity index (χ4n) is 5.26. The van der Waals surface area contributed by atoms with E-state index in [0.717, 1.165) is 50.1 Å². The van der Waals surface area contributed by atoms with Gasteiger partial charge in [-0.2, -0.15) is 0 Å². The number of carbonyl (C=O) groups excluding carboxylic acids is 1. The Kier molecular flexibility index (Phi) is 6.07. The van der Waals surface area contributed by atoms with E-state index >= 15 is 0 Å². The second-order valence-corrected chi connectivity index (χ2v) is 9.60. The van der Waals surface area contributed by atoms with Crippen molar-refractivity contribution in [2.24, 2.45) is 0 Å². The fourth-order valence-corrected chi connectivity index (χ4v) is 5.26. The van der Waals surface area contributed by atoms with Crippen LogP contribution in [0.25, 0.3) is 21.9 Å². The van der Waals surface area contributed by atoms with Crippen LogP contribution in [0.3, 0.4) is 0 Å². The standard InChI is InChI=1S/C31H28O6/c1-34-24-8-5-21(6-9-24)29-26-17-25(10-7-22(26)16-27-28(29)19-37-30(27)32)36-18-20-3-2-4-23(15-20)31(33)11-13-35-14-12-31/h2-10,15-17,33H,11-14,18-19H2,1H3. The molecule has 4 aromatic rings. The summed E-state index contributed by atoms with van der Waals surface area (Å²) in [5, 5.41) is 13.0. The summed E-state index contributed by atoms with van der Waals surface area (Å²) >= 11 is 0. The van der Waals surface area contributed by atoms with E-state index in [1.165, 1.54) is 0 Å². The van der Waals surface area contributed by atoms with Crippen molar-refractivity contribution in [2.75, 3.05) is 20.3 Å². The van der Waals surface area contributed by atoms with Crippen LogP contribution in [0.4, 0.5) is 0 Å². The number of ether oxygens (including phenoxy) is 4. The van der Waals surface area contributed by atoms with Crippen LogP contribution in [0.2, 0.25) is 0 Å². The van der Waals surface area contributed by atoms with Crippen molar-refractivity contribution in [1.82, 2.24) is 0 Å². The van der Waals surface area contributed by atoms with Gasteiger partial charge in [-0.1, -0.05) is 36.4 Å². The third-order valence-electron chi connectivity index (χ3n) is 7.36. The van der Waals surface area contributed by atoms with Crippen LogP contribution >= 0.6 is 0 Å². The van der Waals surface area contributed by atoms with Crippen LogP contribution in [-0.4, -0.2) is 31.4 Å². The molecule has 0 aliphatic carbocycles. The van der Waals surface area contributed by atoms with Crippen LogP contribution in [0, 0.1) is 0 Å². The van der Waals surface area contributed by atoms with Gasteiger partial charge in [-0.25, -0.2) is 4.79 Å². The molecule has 2 aliphatic rings. The Hall–Kier alpha value is -3.87.